The lowest BCUT2D eigenvalue weighted by molar-refractivity contribution is 0.229. The summed E-state index contributed by atoms with van der Waals surface area (Å²) < 4.78 is 0.963. The Labute approximate surface area is 86.1 Å². The lowest BCUT2D eigenvalue weighted by Crippen LogP contribution is -2.20. The van der Waals surface area contributed by atoms with E-state index >= 15 is 0 Å². The van der Waals surface area contributed by atoms with Gasteiger partial charge in [0.25, 0.3) is 0 Å². The summed E-state index contributed by atoms with van der Waals surface area (Å²) in [5, 5.41) is 8.92. The van der Waals surface area contributed by atoms with Crippen LogP contribution in [0.1, 0.15) is 5.69 Å². The average Bonchev–Trinajstić information content (AvgIpc) is 2.17. The van der Waals surface area contributed by atoms with Gasteiger partial charge in [-0.3, -0.25) is 4.98 Å². The summed E-state index contributed by atoms with van der Waals surface area (Å²) in [6.45, 7) is 0.614. The van der Waals surface area contributed by atoms with Gasteiger partial charge in [0.2, 0.25) is 0 Å². The van der Waals surface area contributed by atoms with Crippen LogP contribution in [-0.4, -0.2) is 23.2 Å². The van der Waals surface area contributed by atoms with E-state index in [1.807, 2.05) is 12.1 Å². The predicted octanol–water partition coefficient (Wildman–Crippen LogP) is 0.954. The highest BCUT2D eigenvalue weighted by Gasteiger charge is 2.06. The van der Waals surface area contributed by atoms with Crippen molar-refractivity contribution in [2.75, 3.05) is 13.2 Å². The van der Waals surface area contributed by atoms with Crippen LogP contribution in [0, 0.1) is 5.92 Å². The number of nitrogens with two attached hydrogens (primary N) is 1. The Kier molecular flexibility index (Phi) is 4.35. The molecule has 0 aromatic carbocycles. The maximum atomic E-state index is 8.92. The second kappa shape index (κ2) is 5.32. The number of aliphatic hydroxyl groups excluding tert-OH is 1. The smallest absolute Gasteiger partial charge is 0.0475 e. The van der Waals surface area contributed by atoms with Gasteiger partial charge in [0.05, 0.1) is 0 Å². The SMILES string of the molecule is NCC(CO)Cc1ccc(Br)cn1. The fraction of sp³-hybridized carbons (Fsp3) is 0.444. The Balaban J connectivity index is 2.58. The molecule has 1 rings (SSSR count). The van der Waals surface area contributed by atoms with Gasteiger partial charge in [-0.1, -0.05) is 0 Å². The molecule has 0 amide bonds. The molecule has 0 aliphatic heterocycles. The summed E-state index contributed by atoms with van der Waals surface area (Å²) in [7, 11) is 0. The molecule has 0 aliphatic rings. The van der Waals surface area contributed by atoms with E-state index in [1.54, 1.807) is 6.20 Å². The molecule has 1 heterocycles. The van der Waals surface area contributed by atoms with Gasteiger partial charge in [0.15, 0.2) is 0 Å². The van der Waals surface area contributed by atoms with Crippen LogP contribution in [0.5, 0.6) is 0 Å². The average molecular weight is 245 g/mol. The van der Waals surface area contributed by atoms with Crippen LogP contribution < -0.4 is 5.73 Å². The molecule has 13 heavy (non-hydrogen) atoms. The molecular formula is C9H13BrN2O. The van der Waals surface area contributed by atoms with Gasteiger partial charge in [0.1, 0.15) is 0 Å². The Morgan fingerprint density at radius 2 is 2.31 bits per heavy atom. The van der Waals surface area contributed by atoms with E-state index in [2.05, 4.69) is 20.9 Å². The number of hydrogen-bond acceptors (Lipinski definition) is 3. The van der Waals surface area contributed by atoms with Gasteiger partial charge in [-0.2, -0.15) is 0 Å². The van der Waals surface area contributed by atoms with Crippen molar-refractivity contribution < 1.29 is 5.11 Å². The van der Waals surface area contributed by atoms with Crippen LogP contribution in [0.2, 0.25) is 0 Å². The van der Waals surface area contributed by atoms with Crippen LogP contribution in [-0.2, 0) is 6.42 Å². The van der Waals surface area contributed by atoms with Crippen LogP contribution in [0.25, 0.3) is 0 Å². The Morgan fingerprint density at radius 1 is 1.54 bits per heavy atom. The molecule has 0 spiro atoms. The van der Waals surface area contributed by atoms with Crippen molar-refractivity contribution in [1.29, 1.82) is 0 Å². The predicted molar refractivity (Wildman–Crippen MR) is 55.3 cm³/mol. The number of pyridine rings is 1. The third-order valence-electron chi connectivity index (χ3n) is 1.88. The minimum absolute atomic E-state index is 0.119. The van der Waals surface area contributed by atoms with Crippen LogP contribution in [0.15, 0.2) is 22.8 Å². The van der Waals surface area contributed by atoms with E-state index in [4.69, 9.17) is 10.8 Å². The summed E-state index contributed by atoms with van der Waals surface area (Å²) in [6.07, 6.45) is 2.49. The minimum Gasteiger partial charge on any atom is -0.396 e. The molecule has 0 fully saturated rings. The number of halogens is 1. The van der Waals surface area contributed by atoms with Crippen molar-refractivity contribution in [2.45, 2.75) is 6.42 Å². The number of aromatic nitrogens is 1. The molecule has 0 bridgehead atoms. The van der Waals surface area contributed by atoms with Crippen molar-refractivity contribution in [3.63, 3.8) is 0 Å². The van der Waals surface area contributed by atoms with Crippen LogP contribution in [0.4, 0.5) is 0 Å². The Morgan fingerprint density at radius 3 is 2.77 bits per heavy atom. The largest absolute Gasteiger partial charge is 0.396 e. The van der Waals surface area contributed by atoms with Gasteiger partial charge in [0, 0.05) is 23.0 Å². The van der Waals surface area contributed by atoms with Gasteiger partial charge in [-0.25, -0.2) is 0 Å². The summed E-state index contributed by atoms with van der Waals surface area (Å²) in [4.78, 5) is 4.20. The normalized spacial score (nSPS) is 12.8. The lowest BCUT2D eigenvalue weighted by Gasteiger charge is -2.09. The third-order valence-corrected chi connectivity index (χ3v) is 2.35. The van der Waals surface area contributed by atoms with Crippen molar-refractivity contribution in [3.05, 3.63) is 28.5 Å². The number of aliphatic hydroxyl groups is 1. The quantitative estimate of drug-likeness (QED) is 0.830. The fourth-order valence-corrected chi connectivity index (χ4v) is 1.28. The van der Waals surface area contributed by atoms with Gasteiger partial charge in [-0.15, -0.1) is 0 Å². The molecular weight excluding hydrogens is 232 g/mol. The zero-order chi connectivity index (χ0) is 9.68. The Bertz CT molecular complexity index is 246. The number of nitrogens with zero attached hydrogens (tertiary/aromatic N) is 1. The first-order valence-corrected chi connectivity index (χ1v) is 4.97. The molecule has 1 aromatic rings. The molecule has 3 nitrogen and oxygen atoms in total. The molecule has 0 saturated heterocycles. The minimum atomic E-state index is 0.119. The van der Waals surface area contributed by atoms with Crippen LogP contribution >= 0.6 is 15.9 Å². The van der Waals surface area contributed by atoms with Gasteiger partial charge >= 0.3 is 0 Å². The highest BCUT2D eigenvalue weighted by atomic mass is 79.9. The molecule has 1 aromatic heterocycles. The summed E-state index contributed by atoms with van der Waals surface area (Å²) in [6, 6.07) is 3.87. The van der Waals surface area contributed by atoms with E-state index < -0.39 is 0 Å². The molecule has 1 unspecified atom stereocenters. The van der Waals surface area contributed by atoms with E-state index in [0.717, 1.165) is 16.6 Å². The third kappa shape index (κ3) is 3.42. The highest BCUT2D eigenvalue weighted by Crippen LogP contribution is 2.10. The fourth-order valence-electron chi connectivity index (χ4n) is 1.05. The molecule has 72 valence electrons. The molecule has 1 atom stereocenters. The highest BCUT2D eigenvalue weighted by molar-refractivity contribution is 9.10. The molecule has 3 N–H and O–H groups in total. The lowest BCUT2D eigenvalue weighted by atomic mass is 10.0. The Hall–Kier alpha value is -0.450. The van der Waals surface area contributed by atoms with E-state index in [9.17, 15) is 0 Å². The van der Waals surface area contributed by atoms with Crippen molar-refractivity contribution in [1.82, 2.24) is 4.98 Å². The second-order valence-electron chi connectivity index (χ2n) is 2.96. The molecule has 4 heteroatoms. The van der Waals surface area contributed by atoms with E-state index in [0.29, 0.717) is 6.54 Å². The zero-order valence-electron chi connectivity index (χ0n) is 7.28. The first kappa shape index (κ1) is 10.6. The van der Waals surface area contributed by atoms with E-state index in [1.165, 1.54) is 0 Å². The van der Waals surface area contributed by atoms with Crippen molar-refractivity contribution >= 4 is 15.9 Å². The van der Waals surface area contributed by atoms with E-state index in [-0.39, 0.29) is 12.5 Å². The summed E-state index contributed by atoms with van der Waals surface area (Å²) in [5.74, 6) is 0.119. The summed E-state index contributed by atoms with van der Waals surface area (Å²) in [5.41, 5.74) is 6.43. The maximum Gasteiger partial charge on any atom is 0.0475 e. The second-order valence-corrected chi connectivity index (χ2v) is 3.87. The molecule has 0 saturated carbocycles. The number of hydrogen-bond donors (Lipinski definition) is 2. The topological polar surface area (TPSA) is 59.1 Å². The number of rotatable bonds is 4. The first-order chi connectivity index (χ1) is 6.26. The van der Waals surface area contributed by atoms with Crippen molar-refractivity contribution in [2.24, 2.45) is 11.7 Å². The maximum absolute atomic E-state index is 8.92. The monoisotopic (exact) mass is 244 g/mol. The molecule has 0 radical (unpaired) electrons. The van der Waals surface area contributed by atoms with Gasteiger partial charge in [-0.05, 0) is 46.9 Å². The van der Waals surface area contributed by atoms with Gasteiger partial charge < -0.3 is 10.8 Å². The standard InChI is InChI=1S/C9H13BrN2O/c10-8-1-2-9(12-5-8)3-7(4-11)6-13/h1-2,5,7,13H,3-4,6,11H2. The van der Waals surface area contributed by atoms with Crippen molar-refractivity contribution in [3.8, 4) is 0 Å². The summed E-state index contributed by atoms with van der Waals surface area (Å²) >= 11 is 3.31. The molecule has 0 aliphatic carbocycles. The zero-order valence-corrected chi connectivity index (χ0v) is 8.87. The van der Waals surface area contributed by atoms with Crippen LogP contribution in [0.3, 0.4) is 0 Å². The first-order valence-electron chi connectivity index (χ1n) is 4.17.